The number of hydrogen-bond donors (Lipinski definition) is 0. The van der Waals surface area contributed by atoms with Gasteiger partial charge in [0.25, 0.3) is 0 Å². The van der Waals surface area contributed by atoms with Crippen LogP contribution in [-0.4, -0.2) is 0 Å². The molecule has 0 saturated carbocycles. The Morgan fingerprint density at radius 1 is 1.24 bits per heavy atom. The van der Waals surface area contributed by atoms with Crippen LogP contribution in [0.15, 0.2) is 23.8 Å². The molecule has 1 aromatic carbocycles. The van der Waals surface area contributed by atoms with Crippen molar-refractivity contribution in [3.05, 3.63) is 40.5 Å². The first-order chi connectivity index (χ1) is 8.01. The van der Waals surface area contributed by atoms with Crippen LogP contribution in [0.5, 0.6) is 0 Å². The number of allylic oxidation sites excluding steroid dienone is 2. The van der Waals surface area contributed by atoms with Gasteiger partial charge in [0.2, 0.25) is 0 Å². The van der Waals surface area contributed by atoms with Gasteiger partial charge in [-0.2, -0.15) is 0 Å². The van der Waals surface area contributed by atoms with Crippen LogP contribution in [0.3, 0.4) is 0 Å². The van der Waals surface area contributed by atoms with Gasteiger partial charge in [0, 0.05) is 5.41 Å². The number of fused-ring (bicyclic) bond motifs is 2. The van der Waals surface area contributed by atoms with Crippen molar-refractivity contribution < 1.29 is 0 Å². The topological polar surface area (TPSA) is 0 Å². The van der Waals surface area contributed by atoms with E-state index in [-0.39, 0.29) is 5.41 Å². The molecule has 0 bridgehead atoms. The van der Waals surface area contributed by atoms with E-state index in [9.17, 15) is 0 Å². The van der Waals surface area contributed by atoms with Crippen LogP contribution in [0.4, 0.5) is 0 Å². The Bertz CT molecular complexity index is 503. The molecule has 2 aliphatic carbocycles. The van der Waals surface area contributed by atoms with Crippen LogP contribution in [0.2, 0.25) is 0 Å². The first-order valence-electron chi connectivity index (χ1n) is 6.87. The average molecular weight is 226 g/mol. The average Bonchev–Trinajstić information content (AvgIpc) is 2.50. The molecule has 17 heavy (non-hydrogen) atoms. The minimum absolute atomic E-state index is 0.269. The van der Waals surface area contributed by atoms with Gasteiger partial charge in [0.05, 0.1) is 0 Å². The third-order valence-corrected chi connectivity index (χ3v) is 4.77. The standard InChI is InChI=1S/C17H22/c1-11-8-9-13-15(10-11)17(3,4)14-7-5-6-12(2)16(13)14/h8-10,12H,5-7H2,1-4H3. The lowest BCUT2D eigenvalue weighted by atomic mass is 9.75. The molecule has 0 heterocycles. The molecule has 2 aliphatic rings. The van der Waals surface area contributed by atoms with Gasteiger partial charge < -0.3 is 0 Å². The van der Waals surface area contributed by atoms with E-state index in [1.807, 2.05) is 0 Å². The molecule has 0 heteroatoms. The van der Waals surface area contributed by atoms with Crippen molar-refractivity contribution in [2.24, 2.45) is 5.92 Å². The lowest BCUT2D eigenvalue weighted by Crippen LogP contribution is -2.19. The molecule has 0 N–H and O–H groups in total. The largest absolute Gasteiger partial charge is 0.0587 e. The normalized spacial score (nSPS) is 25.8. The zero-order valence-electron chi connectivity index (χ0n) is 11.4. The highest BCUT2D eigenvalue weighted by Crippen LogP contribution is 2.53. The minimum atomic E-state index is 0.269. The number of hydrogen-bond acceptors (Lipinski definition) is 0. The molecule has 0 saturated heterocycles. The van der Waals surface area contributed by atoms with Crippen LogP contribution >= 0.6 is 0 Å². The molecular weight excluding hydrogens is 204 g/mol. The minimum Gasteiger partial charge on any atom is -0.0587 e. The molecule has 0 spiro atoms. The first-order valence-corrected chi connectivity index (χ1v) is 6.87. The zero-order valence-corrected chi connectivity index (χ0v) is 11.4. The third-order valence-electron chi connectivity index (χ3n) is 4.77. The molecule has 0 fully saturated rings. The smallest absolute Gasteiger partial charge is 0.0117 e. The molecule has 0 amide bonds. The summed E-state index contributed by atoms with van der Waals surface area (Å²) in [5.74, 6) is 0.752. The molecule has 0 nitrogen and oxygen atoms in total. The summed E-state index contributed by atoms with van der Waals surface area (Å²) in [6.07, 6.45) is 4.04. The van der Waals surface area contributed by atoms with E-state index in [0.29, 0.717) is 0 Å². The Morgan fingerprint density at radius 3 is 2.76 bits per heavy atom. The maximum atomic E-state index is 2.41. The molecule has 90 valence electrons. The second-order valence-corrected chi connectivity index (χ2v) is 6.36. The van der Waals surface area contributed by atoms with Gasteiger partial charge >= 0.3 is 0 Å². The van der Waals surface area contributed by atoms with Crippen molar-refractivity contribution >= 4 is 5.57 Å². The van der Waals surface area contributed by atoms with Crippen molar-refractivity contribution in [1.29, 1.82) is 0 Å². The second kappa shape index (κ2) is 3.48. The predicted octanol–water partition coefficient (Wildman–Crippen LogP) is 4.86. The monoisotopic (exact) mass is 226 g/mol. The quantitative estimate of drug-likeness (QED) is 0.592. The Labute approximate surface area is 105 Å². The summed E-state index contributed by atoms with van der Waals surface area (Å²) in [7, 11) is 0. The molecule has 1 atom stereocenters. The zero-order chi connectivity index (χ0) is 12.2. The van der Waals surface area contributed by atoms with Crippen molar-refractivity contribution in [1.82, 2.24) is 0 Å². The lowest BCUT2D eigenvalue weighted by Gasteiger charge is -2.29. The second-order valence-electron chi connectivity index (χ2n) is 6.36. The number of benzene rings is 1. The summed E-state index contributed by atoms with van der Waals surface area (Å²) >= 11 is 0. The van der Waals surface area contributed by atoms with Gasteiger partial charge in [0.15, 0.2) is 0 Å². The highest BCUT2D eigenvalue weighted by molar-refractivity contribution is 5.82. The highest BCUT2D eigenvalue weighted by Gasteiger charge is 2.40. The lowest BCUT2D eigenvalue weighted by molar-refractivity contribution is 0.530. The fourth-order valence-electron chi connectivity index (χ4n) is 3.81. The Morgan fingerprint density at radius 2 is 2.00 bits per heavy atom. The highest BCUT2D eigenvalue weighted by atomic mass is 14.4. The van der Waals surface area contributed by atoms with Crippen molar-refractivity contribution in [2.45, 2.75) is 52.4 Å². The summed E-state index contributed by atoms with van der Waals surface area (Å²) < 4.78 is 0. The fraction of sp³-hybridized carbons (Fsp3) is 0.529. The van der Waals surface area contributed by atoms with Crippen LogP contribution in [0.1, 0.15) is 56.7 Å². The van der Waals surface area contributed by atoms with E-state index in [4.69, 9.17) is 0 Å². The van der Waals surface area contributed by atoms with Gasteiger partial charge in [-0.1, -0.05) is 50.1 Å². The summed E-state index contributed by atoms with van der Waals surface area (Å²) in [5.41, 5.74) is 8.17. The van der Waals surface area contributed by atoms with Gasteiger partial charge in [-0.05, 0) is 48.8 Å². The van der Waals surface area contributed by atoms with E-state index in [0.717, 1.165) is 5.92 Å². The van der Waals surface area contributed by atoms with Crippen LogP contribution in [-0.2, 0) is 5.41 Å². The molecule has 1 unspecified atom stereocenters. The van der Waals surface area contributed by atoms with E-state index >= 15 is 0 Å². The SMILES string of the molecule is Cc1ccc2c(c1)C(C)(C)C1=C2C(C)CCC1. The Balaban J connectivity index is 2.26. The van der Waals surface area contributed by atoms with E-state index in [1.54, 1.807) is 22.3 Å². The van der Waals surface area contributed by atoms with E-state index in [1.165, 1.54) is 24.8 Å². The summed E-state index contributed by atoms with van der Waals surface area (Å²) in [4.78, 5) is 0. The fourth-order valence-corrected chi connectivity index (χ4v) is 3.81. The van der Waals surface area contributed by atoms with Gasteiger partial charge in [-0.15, -0.1) is 0 Å². The van der Waals surface area contributed by atoms with Crippen molar-refractivity contribution in [3.8, 4) is 0 Å². The molecule has 0 aliphatic heterocycles. The summed E-state index contributed by atoms with van der Waals surface area (Å²) in [5, 5.41) is 0. The van der Waals surface area contributed by atoms with Crippen molar-refractivity contribution in [2.75, 3.05) is 0 Å². The summed E-state index contributed by atoms with van der Waals surface area (Å²) in [6.45, 7) is 9.42. The molecule has 1 aromatic rings. The Kier molecular flexibility index (Phi) is 2.26. The first kappa shape index (κ1) is 11.1. The van der Waals surface area contributed by atoms with Crippen molar-refractivity contribution in [3.63, 3.8) is 0 Å². The number of aryl methyl sites for hydroxylation is 1. The van der Waals surface area contributed by atoms with E-state index < -0.39 is 0 Å². The predicted molar refractivity (Wildman–Crippen MR) is 74.1 cm³/mol. The van der Waals surface area contributed by atoms with Gasteiger partial charge in [-0.25, -0.2) is 0 Å². The van der Waals surface area contributed by atoms with Crippen LogP contribution in [0, 0.1) is 12.8 Å². The van der Waals surface area contributed by atoms with E-state index in [2.05, 4.69) is 45.9 Å². The molecule has 0 radical (unpaired) electrons. The number of rotatable bonds is 0. The van der Waals surface area contributed by atoms with Crippen LogP contribution < -0.4 is 0 Å². The van der Waals surface area contributed by atoms with Gasteiger partial charge in [-0.3, -0.25) is 0 Å². The Hall–Kier alpha value is -1.04. The molecular formula is C17H22. The maximum Gasteiger partial charge on any atom is 0.0117 e. The maximum absolute atomic E-state index is 2.41. The molecule has 3 rings (SSSR count). The summed E-state index contributed by atoms with van der Waals surface area (Å²) in [6, 6.07) is 7.03. The third kappa shape index (κ3) is 1.43. The molecule has 0 aromatic heterocycles. The van der Waals surface area contributed by atoms with Gasteiger partial charge in [0.1, 0.15) is 0 Å². The van der Waals surface area contributed by atoms with Crippen LogP contribution in [0.25, 0.3) is 5.57 Å².